The maximum Gasteiger partial charge on any atom is 0.255 e. The Balaban J connectivity index is 1.54. The van der Waals surface area contributed by atoms with Crippen molar-refractivity contribution in [3.05, 3.63) is 30.0 Å². The van der Waals surface area contributed by atoms with E-state index >= 15 is 0 Å². The molecular weight excluding hydrogens is 456 g/mol. The average Bonchev–Trinajstić information content (AvgIpc) is 3.25. The molecule has 1 fully saturated rings. The number of ether oxygens (including phenoxy) is 3. The van der Waals surface area contributed by atoms with E-state index in [9.17, 15) is 4.79 Å². The minimum Gasteiger partial charge on any atom is -0.493 e. The van der Waals surface area contributed by atoms with E-state index in [1.54, 1.807) is 43.3 Å². The van der Waals surface area contributed by atoms with Crippen LogP contribution in [0.1, 0.15) is 24.2 Å². The highest BCUT2D eigenvalue weighted by molar-refractivity contribution is 7.99. The summed E-state index contributed by atoms with van der Waals surface area (Å²) in [6, 6.07) is 5.22. The van der Waals surface area contributed by atoms with E-state index in [0.29, 0.717) is 48.6 Å². The Bertz CT molecular complexity index is 1150. The summed E-state index contributed by atoms with van der Waals surface area (Å²) in [6.07, 6.45) is 1.80. The van der Waals surface area contributed by atoms with Crippen LogP contribution in [0, 0.1) is 0 Å². The quantitative estimate of drug-likeness (QED) is 0.361. The lowest BCUT2D eigenvalue weighted by molar-refractivity contribution is 0.0948. The number of nitrogens with zero attached hydrogens (tertiary/aromatic N) is 5. The zero-order chi connectivity index (χ0) is 24.1. The predicted octanol–water partition coefficient (Wildman–Crippen LogP) is 2.61. The molecule has 0 atom stereocenters. The first-order valence-corrected chi connectivity index (χ1v) is 12.1. The molecule has 1 N–H and O–H groups in total. The molecule has 0 spiro atoms. The molecule has 0 saturated carbocycles. The minimum atomic E-state index is -0.244. The van der Waals surface area contributed by atoms with Crippen LogP contribution in [0.2, 0.25) is 0 Å². The molecule has 1 amide bonds. The number of hydrogen-bond donors (Lipinski definition) is 1. The first-order chi connectivity index (χ1) is 16.5. The number of hydrogen-bond acceptors (Lipinski definition) is 9. The third kappa shape index (κ3) is 5.20. The number of thioether (sulfide) groups is 1. The topological polar surface area (TPSA) is 104 Å². The second kappa shape index (κ2) is 10.9. The Hall–Kier alpha value is -3.05. The molecule has 1 saturated heterocycles. The zero-order valence-corrected chi connectivity index (χ0v) is 20.7. The van der Waals surface area contributed by atoms with Crippen molar-refractivity contribution >= 4 is 34.5 Å². The van der Waals surface area contributed by atoms with Gasteiger partial charge >= 0.3 is 0 Å². The number of rotatable bonds is 9. The number of carbonyl (C=O) groups excluding carboxylic acids is 1. The molecule has 10 nitrogen and oxygen atoms in total. The monoisotopic (exact) mass is 486 g/mol. The van der Waals surface area contributed by atoms with E-state index in [1.807, 2.05) is 4.68 Å². The standard InChI is InChI=1S/C23H30N6O4S/c1-15(2)34-23-26-20(28-10-12-33-13-11-28)17-14-25-29(21(17)27-23)9-8-24-22(30)16-6-5-7-18(31-3)19(16)32-4/h5-7,14-15H,8-13H2,1-4H3,(H,24,30). The van der Waals surface area contributed by atoms with Crippen molar-refractivity contribution in [1.29, 1.82) is 0 Å². The molecule has 3 heterocycles. The Morgan fingerprint density at radius 2 is 2.00 bits per heavy atom. The first kappa shape index (κ1) is 24.1. The molecule has 0 aliphatic carbocycles. The fourth-order valence-corrected chi connectivity index (χ4v) is 4.50. The number of anilines is 1. The lowest BCUT2D eigenvalue weighted by Gasteiger charge is -2.28. The highest BCUT2D eigenvalue weighted by Crippen LogP contribution is 2.31. The van der Waals surface area contributed by atoms with E-state index in [4.69, 9.17) is 24.2 Å². The van der Waals surface area contributed by atoms with Gasteiger partial charge in [0.25, 0.3) is 5.91 Å². The number of nitrogens with one attached hydrogen (secondary N) is 1. The number of para-hydroxylation sites is 1. The zero-order valence-electron chi connectivity index (χ0n) is 19.9. The second-order valence-electron chi connectivity index (χ2n) is 8.00. The summed E-state index contributed by atoms with van der Waals surface area (Å²) in [5, 5.41) is 9.46. The van der Waals surface area contributed by atoms with Crippen LogP contribution < -0.4 is 19.7 Å². The van der Waals surface area contributed by atoms with Crippen LogP contribution in [0.15, 0.2) is 29.6 Å². The molecule has 4 rings (SSSR count). The molecule has 0 unspecified atom stereocenters. The van der Waals surface area contributed by atoms with Crippen LogP contribution in [-0.4, -0.2) is 78.0 Å². The van der Waals surface area contributed by atoms with Crippen LogP contribution in [-0.2, 0) is 11.3 Å². The Morgan fingerprint density at radius 1 is 1.21 bits per heavy atom. The smallest absolute Gasteiger partial charge is 0.255 e. The fourth-order valence-electron chi connectivity index (χ4n) is 3.80. The van der Waals surface area contributed by atoms with Crippen molar-refractivity contribution in [3.63, 3.8) is 0 Å². The first-order valence-electron chi connectivity index (χ1n) is 11.2. The van der Waals surface area contributed by atoms with E-state index in [-0.39, 0.29) is 5.91 Å². The van der Waals surface area contributed by atoms with Crippen molar-refractivity contribution in [2.24, 2.45) is 0 Å². The second-order valence-corrected chi connectivity index (χ2v) is 9.54. The number of fused-ring (bicyclic) bond motifs is 1. The normalized spacial score (nSPS) is 14.0. The molecule has 34 heavy (non-hydrogen) atoms. The molecule has 11 heteroatoms. The van der Waals surface area contributed by atoms with Crippen molar-refractivity contribution in [2.75, 3.05) is 52.0 Å². The maximum atomic E-state index is 12.8. The molecule has 2 aromatic heterocycles. The molecule has 1 aliphatic heterocycles. The number of aromatic nitrogens is 4. The summed E-state index contributed by atoms with van der Waals surface area (Å²) in [4.78, 5) is 24.6. The van der Waals surface area contributed by atoms with E-state index < -0.39 is 0 Å². The third-order valence-corrected chi connectivity index (χ3v) is 6.23. The maximum absolute atomic E-state index is 12.8. The van der Waals surface area contributed by atoms with Gasteiger partial charge in [-0.05, 0) is 12.1 Å². The molecular formula is C23H30N6O4S. The van der Waals surface area contributed by atoms with Crippen LogP contribution in [0.5, 0.6) is 11.5 Å². The highest BCUT2D eigenvalue weighted by atomic mass is 32.2. The number of morpholine rings is 1. The Kier molecular flexibility index (Phi) is 7.73. The molecule has 0 bridgehead atoms. The van der Waals surface area contributed by atoms with Crippen LogP contribution in [0.25, 0.3) is 11.0 Å². The molecule has 182 valence electrons. The van der Waals surface area contributed by atoms with Gasteiger partial charge in [0.1, 0.15) is 5.82 Å². The molecule has 3 aromatic rings. The lowest BCUT2D eigenvalue weighted by Crippen LogP contribution is -2.37. The van der Waals surface area contributed by atoms with Gasteiger partial charge < -0.3 is 24.4 Å². The summed E-state index contributed by atoms with van der Waals surface area (Å²) in [7, 11) is 3.06. The van der Waals surface area contributed by atoms with E-state index in [2.05, 4.69) is 29.2 Å². The van der Waals surface area contributed by atoms with Gasteiger partial charge in [0.05, 0.1) is 51.1 Å². The summed E-state index contributed by atoms with van der Waals surface area (Å²) >= 11 is 1.62. The highest BCUT2D eigenvalue weighted by Gasteiger charge is 2.21. The summed E-state index contributed by atoms with van der Waals surface area (Å²) in [5.41, 5.74) is 1.17. The number of methoxy groups -OCH3 is 2. The average molecular weight is 487 g/mol. The van der Waals surface area contributed by atoms with Gasteiger partial charge in [-0.15, -0.1) is 0 Å². The third-order valence-electron chi connectivity index (χ3n) is 5.36. The number of carbonyl (C=O) groups is 1. The van der Waals surface area contributed by atoms with Crippen LogP contribution in [0.3, 0.4) is 0 Å². The summed E-state index contributed by atoms with van der Waals surface area (Å²) in [5.74, 6) is 1.56. The SMILES string of the molecule is COc1cccc(C(=O)NCCn2ncc3c(N4CCOCC4)nc(SC(C)C)nc32)c1OC. The van der Waals surface area contributed by atoms with Crippen molar-refractivity contribution in [3.8, 4) is 11.5 Å². The lowest BCUT2D eigenvalue weighted by atomic mass is 10.1. The largest absolute Gasteiger partial charge is 0.493 e. The van der Waals surface area contributed by atoms with Gasteiger partial charge in [-0.25, -0.2) is 14.6 Å². The van der Waals surface area contributed by atoms with Crippen LogP contribution >= 0.6 is 11.8 Å². The molecule has 1 aromatic carbocycles. The van der Waals surface area contributed by atoms with Crippen molar-refractivity contribution in [1.82, 2.24) is 25.1 Å². The van der Waals surface area contributed by atoms with Crippen molar-refractivity contribution < 1.29 is 19.0 Å². The van der Waals surface area contributed by atoms with Gasteiger partial charge in [0.2, 0.25) is 0 Å². The summed E-state index contributed by atoms with van der Waals surface area (Å²) < 4.78 is 18.0. The Labute approximate surface area is 203 Å². The van der Waals surface area contributed by atoms with E-state index in [1.165, 1.54) is 7.11 Å². The van der Waals surface area contributed by atoms with Gasteiger partial charge in [-0.3, -0.25) is 4.79 Å². The van der Waals surface area contributed by atoms with Crippen molar-refractivity contribution in [2.45, 2.75) is 30.8 Å². The van der Waals surface area contributed by atoms with Gasteiger partial charge in [0.15, 0.2) is 22.3 Å². The van der Waals surface area contributed by atoms with Crippen LogP contribution in [0.4, 0.5) is 5.82 Å². The number of amides is 1. The van der Waals surface area contributed by atoms with E-state index in [0.717, 1.165) is 35.1 Å². The molecule has 1 aliphatic rings. The number of benzene rings is 1. The predicted molar refractivity (Wildman–Crippen MR) is 131 cm³/mol. The fraction of sp³-hybridized carbons (Fsp3) is 0.478. The van der Waals surface area contributed by atoms with Gasteiger partial charge in [0, 0.05) is 24.9 Å². The molecule has 0 radical (unpaired) electrons. The van der Waals surface area contributed by atoms with Gasteiger partial charge in [-0.2, -0.15) is 5.10 Å². The Morgan fingerprint density at radius 3 is 2.71 bits per heavy atom. The van der Waals surface area contributed by atoms with Gasteiger partial charge in [-0.1, -0.05) is 31.7 Å². The summed E-state index contributed by atoms with van der Waals surface area (Å²) in [6.45, 7) is 7.98. The minimum absolute atomic E-state index is 0.244.